The first kappa shape index (κ1) is 22.7. The minimum Gasteiger partial charge on any atom is -0.493 e. The van der Waals surface area contributed by atoms with Gasteiger partial charge in [-0.05, 0) is 37.5 Å². The normalized spacial score (nSPS) is 12.4. The molecule has 0 bridgehead atoms. The number of benzene rings is 1. The van der Waals surface area contributed by atoms with Gasteiger partial charge in [-0.3, -0.25) is 4.99 Å². The molecule has 1 atom stereocenters. The quantitative estimate of drug-likeness (QED) is 0.357. The summed E-state index contributed by atoms with van der Waals surface area (Å²) in [6.07, 6.45) is 1.64. The van der Waals surface area contributed by atoms with E-state index < -0.39 is 6.61 Å². The van der Waals surface area contributed by atoms with Gasteiger partial charge in [0.05, 0.1) is 7.11 Å². The van der Waals surface area contributed by atoms with E-state index in [0.29, 0.717) is 19.0 Å². The van der Waals surface area contributed by atoms with Crippen LogP contribution in [-0.4, -0.2) is 39.3 Å². The maximum atomic E-state index is 12.4. The van der Waals surface area contributed by atoms with Gasteiger partial charge in [0, 0.05) is 19.6 Å². The molecule has 0 aromatic heterocycles. The summed E-state index contributed by atoms with van der Waals surface area (Å²) in [6.45, 7) is 1.91. The lowest BCUT2D eigenvalue weighted by Crippen LogP contribution is -2.42. The Kier molecular flexibility index (Phi) is 11.4. The number of halogens is 3. The van der Waals surface area contributed by atoms with E-state index in [9.17, 15) is 8.78 Å². The highest BCUT2D eigenvalue weighted by molar-refractivity contribution is 14.0. The Morgan fingerprint density at radius 1 is 1.29 bits per heavy atom. The zero-order chi connectivity index (χ0) is 17.2. The molecule has 8 heteroatoms. The SMILES string of the molecule is CCC(C)NC(=NC)NCCc1ccc(OC)c(OC(F)F)c1.I. The van der Waals surface area contributed by atoms with Crippen molar-refractivity contribution < 1.29 is 18.3 Å². The van der Waals surface area contributed by atoms with Crippen LogP contribution in [0.15, 0.2) is 23.2 Å². The lowest BCUT2D eigenvalue weighted by atomic mass is 10.1. The maximum Gasteiger partial charge on any atom is 0.387 e. The fourth-order valence-electron chi connectivity index (χ4n) is 1.92. The monoisotopic (exact) mass is 457 g/mol. The summed E-state index contributed by atoms with van der Waals surface area (Å²) in [7, 11) is 3.12. The fourth-order valence-corrected chi connectivity index (χ4v) is 1.92. The van der Waals surface area contributed by atoms with Crippen molar-refractivity contribution in [3.8, 4) is 11.5 Å². The van der Waals surface area contributed by atoms with Crippen molar-refractivity contribution in [3.63, 3.8) is 0 Å². The second kappa shape index (κ2) is 12.1. The summed E-state index contributed by atoms with van der Waals surface area (Å²) >= 11 is 0. The molecule has 0 amide bonds. The first-order valence-corrected chi connectivity index (χ1v) is 7.59. The highest BCUT2D eigenvalue weighted by Crippen LogP contribution is 2.29. The molecule has 1 aromatic carbocycles. The van der Waals surface area contributed by atoms with Crippen LogP contribution in [0.25, 0.3) is 0 Å². The number of nitrogens with zero attached hydrogens (tertiary/aromatic N) is 1. The van der Waals surface area contributed by atoms with Crippen LogP contribution in [0.3, 0.4) is 0 Å². The molecule has 0 spiro atoms. The molecule has 138 valence electrons. The van der Waals surface area contributed by atoms with Gasteiger partial charge in [-0.1, -0.05) is 13.0 Å². The molecule has 0 aliphatic heterocycles. The Bertz CT molecular complexity index is 516. The molecule has 0 radical (unpaired) electrons. The fraction of sp³-hybridized carbons (Fsp3) is 0.562. The Morgan fingerprint density at radius 2 is 2.00 bits per heavy atom. The van der Waals surface area contributed by atoms with Gasteiger partial charge in [0.1, 0.15) is 0 Å². The standard InChI is InChI=1S/C16H25F2N3O2.HI/c1-5-11(2)21-16(19-3)20-9-8-12-6-7-13(22-4)14(10-12)23-15(17)18;/h6-7,10-11,15H,5,8-9H2,1-4H3,(H2,19,20,21);1H. The van der Waals surface area contributed by atoms with E-state index in [2.05, 4.69) is 34.2 Å². The minimum atomic E-state index is -2.88. The number of alkyl halides is 2. The number of rotatable bonds is 8. The summed E-state index contributed by atoms with van der Waals surface area (Å²) in [5.74, 6) is 1.05. The summed E-state index contributed by atoms with van der Waals surface area (Å²) in [4.78, 5) is 4.14. The second-order valence-electron chi connectivity index (χ2n) is 5.07. The molecule has 1 unspecified atom stereocenters. The molecule has 1 aromatic rings. The molecule has 0 saturated carbocycles. The number of methoxy groups -OCH3 is 1. The van der Waals surface area contributed by atoms with E-state index in [4.69, 9.17) is 4.74 Å². The van der Waals surface area contributed by atoms with E-state index in [-0.39, 0.29) is 35.5 Å². The summed E-state index contributed by atoms with van der Waals surface area (Å²) in [6, 6.07) is 5.34. The van der Waals surface area contributed by atoms with Crippen molar-refractivity contribution in [2.24, 2.45) is 4.99 Å². The maximum absolute atomic E-state index is 12.4. The molecule has 2 N–H and O–H groups in total. The van der Waals surface area contributed by atoms with Gasteiger partial charge in [-0.15, -0.1) is 24.0 Å². The van der Waals surface area contributed by atoms with Gasteiger partial charge in [0.25, 0.3) is 0 Å². The van der Waals surface area contributed by atoms with E-state index in [1.165, 1.54) is 7.11 Å². The average molecular weight is 457 g/mol. The summed E-state index contributed by atoms with van der Waals surface area (Å²) in [5, 5.41) is 6.44. The average Bonchev–Trinajstić information content (AvgIpc) is 2.53. The minimum absolute atomic E-state index is 0. The van der Waals surface area contributed by atoms with Crippen LogP contribution < -0.4 is 20.1 Å². The topological polar surface area (TPSA) is 54.9 Å². The highest BCUT2D eigenvalue weighted by Gasteiger charge is 2.11. The van der Waals surface area contributed by atoms with Gasteiger partial charge >= 0.3 is 6.61 Å². The third kappa shape index (κ3) is 7.98. The molecule has 24 heavy (non-hydrogen) atoms. The molecular weight excluding hydrogens is 431 g/mol. The zero-order valence-electron chi connectivity index (χ0n) is 14.4. The predicted molar refractivity (Wildman–Crippen MR) is 103 cm³/mol. The predicted octanol–water partition coefficient (Wildman–Crippen LogP) is 3.42. The van der Waals surface area contributed by atoms with Crippen molar-refractivity contribution in [1.82, 2.24) is 10.6 Å². The molecule has 0 aliphatic rings. The van der Waals surface area contributed by atoms with E-state index in [0.717, 1.165) is 17.9 Å². The Morgan fingerprint density at radius 3 is 2.54 bits per heavy atom. The zero-order valence-corrected chi connectivity index (χ0v) is 16.8. The first-order valence-electron chi connectivity index (χ1n) is 7.59. The van der Waals surface area contributed by atoms with Crippen LogP contribution in [0.1, 0.15) is 25.8 Å². The molecule has 0 aliphatic carbocycles. The Balaban J connectivity index is 0.00000529. The molecule has 0 heterocycles. The molecule has 1 rings (SSSR count). The third-order valence-electron chi connectivity index (χ3n) is 3.37. The van der Waals surface area contributed by atoms with Gasteiger partial charge in [0.2, 0.25) is 0 Å². The number of hydrogen-bond donors (Lipinski definition) is 2. The van der Waals surface area contributed by atoms with Crippen molar-refractivity contribution in [3.05, 3.63) is 23.8 Å². The highest BCUT2D eigenvalue weighted by atomic mass is 127. The Labute approximate surface area is 159 Å². The lowest BCUT2D eigenvalue weighted by molar-refractivity contribution is -0.0512. The van der Waals surface area contributed by atoms with E-state index in [1.54, 1.807) is 19.2 Å². The Hall–Kier alpha value is -1.32. The molecule has 5 nitrogen and oxygen atoms in total. The molecule has 0 saturated heterocycles. The van der Waals surface area contributed by atoms with Crippen LogP contribution in [0.2, 0.25) is 0 Å². The van der Waals surface area contributed by atoms with Crippen molar-refractivity contribution in [1.29, 1.82) is 0 Å². The number of guanidine groups is 1. The van der Waals surface area contributed by atoms with Crippen molar-refractivity contribution in [2.45, 2.75) is 39.3 Å². The van der Waals surface area contributed by atoms with Crippen LogP contribution in [0, 0.1) is 0 Å². The lowest BCUT2D eigenvalue weighted by Gasteiger charge is -2.16. The van der Waals surface area contributed by atoms with E-state index in [1.807, 2.05) is 6.07 Å². The van der Waals surface area contributed by atoms with Gasteiger partial charge in [-0.25, -0.2) is 0 Å². The number of nitrogens with one attached hydrogen (secondary N) is 2. The largest absolute Gasteiger partial charge is 0.493 e. The summed E-state index contributed by atoms with van der Waals surface area (Å²) in [5.41, 5.74) is 0.868. The van der Waals surface area contributed by atoms with Crippen molar-refractivity contribution >= 4 is 29.9 Å². The number of ether oxygens (including phenoxy) is 2. The number of hydrogen-bond acceptors (Lipinski definition) is 3. The summed E-state index contributed by atoms with van der Waals surface area (Å²) < 4.78 is 34.3. The molecular formula is C16H26F2IN3O2. The van der Waals surface area contributed by atoms with Crippen LogP contribution in [-0.2, 0) is 6.42 Å². The van der Waals surface area contributed by atoms with Gasteiger partial charge in [-0.2, -0.15) is 8.78 Å². The van der Waals surface area contributed by atoms with Crippen LogP contribution in [0.5, 0.6) is 11.5 Å². The smallest absolute Gasteiger partial charge is 0.387 e. The van der Waals surface area contributed by atoms with Gasteiger partial charge < -0.3 is 20.1 Å². The van der Waals surface area contributed by atoms with Crippen molar-refractivity contribution in [2.75, 3.05) is 20.7 Å². The first-order chi connectivity index (χ1) is 11.0. The van der Waals surface area contributed by atoms with Crippen LogP contribution >= 0.6 is 24.0 Å². The number of aliphatic imine (C=N–C) groups is 1. The second-order valence-corrected chi connectivity index (χ2v) is 5.07. The van der Waals surface area contributed by atoms with Gasteiger partial charge in [0.15, 0.2) is 17.5 Å². The van der Waals surface area contributed by atoms with E-state index >= 15 is 0 Å². The van der Waals surface area contributed by atoms with Crippen LogP contribution in [0.4, 0.5) is 8.78 Å². The third-order valence-corrected chi connectivity index (χ3v) is 3.37. The molecule has 0 fully saturated rings.